The highest BCUT2D eigenvalue weighted by Crippen LogP contribution is 2.20. The minimum atomic E-state index is -0.266. The van der Waals surface area contributed by atoms with Gasteiger partial charge < -0.3 is 15.5 Å². The monoisotopic (exact) mass is 385 g/mol. The Hall–Kier alpha value is -2.53. The van der Waals surface area contributed by atoms with Crippen molar-refractivity contribution in [3.05, 3.63) is 64.7 Å². The lowest BCUT2D eigenvalue weighted by molar-refractivity contribution is -0.135. The maximum Gasteiger partial charge on any atom is 0.319 e. The van der Waals surface area contributed by atoms with Gasteiger partial charge in [0.05, 0.1) is 0 Å². The van der Waals surface area contributed by atoms with Crippen molar-refractivity contribution in [3.63, 3.8) is 0 Å². The van der Waals surface area contributed by atoms with Crippen LogP contribution in [0.5, 0.6) is 0 Å². The summed E-state index contributed by atoms with van der Waals surface area (Å²) < 4.78 is 0. The number of carbonyl (C=O) groups excluding carboxylic acids is 2. The number of nitrogens with zero attached hydrogens (tertiary/aromatic N) is 1. The number of urea groups is 1. The predicted molar refractivity (Wildman–Crippen MR) is 108 cm³/mol. The molecule has 0 radical (unpaired) electrons. The van der Waals surface area contributed by atoms with Crippen LogP contribution < -0.4 is 10.6 Å². The molecule has 27 heavy (non-hydrogen) atoms. The van der Waals surface area contributed by atoms with E-state index in [4.69, 9.17) is 11.6 Å². The smallest absolute Gasteiger partial charge is 0.319 e. The molecular weight excluding hydrogens is 362 g/mol. The Morgan fingerprint density at radius 2 is 1.78 bits per heavy atom. The molecule has 142 valence electrons. The molecule has 1 saturated heterocycles. The van der Waals surface area contributed by atoms with Gasteiger partial charge in [0.15, 0.2) is 0 Å². The van der Waals surface area contributed by atoms with Gasteiger partial charge in [-0.3, -0.25) is 4.79 Å². The van der Waals surface area contributed by atoms with Crippen molar-refractivity contribution in [1.82, 2.24) is 10.2 Å². The summed E-state index contributed by atoms with van der Waals surface area (Å²) >= 11 is 5.85. The molecular formula is C21H24ClN3O2. The first kappa shape index (κ1) is 19.2. The van der Waals surface area contributed by atoms with Crippen molar-refractivity contribution < 1.29 is 9.59 Å². The lowest BCUT2D eigenvalue weighted by Gasteiger charge is -2.30. The lowest BCUT2D eigenvalue weighted by Crippen LogP contribution is -2.37. The summed E-state index contributed by atoms with van der Waals surface area (Å²) in [6, 6.07) is 14.7. The van der Waals surface area contributed by atoms with Crippen LogP contribution >= 0.6 is 11.6 Å². The molecule has 0 bridgehead atoms. The van der Waals surface area contributed by atoms with Crippen molar-refractivity contribution in [2.45, 2.75) is 32.9 Å². The molecule has 2 aromatic rings. The van der Waals surface area contributed by atoms with Gasteiger partial charge in [0.25, 0.3) is 0 Å². The third-order valence-corrected chi connectivity index (χ3v) is 4.97. The molecule has 2 N–H and O–H groups in total. The summed E-state index contributed by atoms with van der Waals surface area (Å²) in [5, 5.41) is 6.29. The second-order valence-electron chi connectivity index (χ2n) is 7.04. The Morgan fingerprint density at radius 3 is 2.44 bits per heavy atom. The predicted octanol–water partition coefficient (Wildman–Crippen LogP) is 4.42. The van der Waals surface area contributed by atoms with E-state index in [9.17, 15) is 9.59 Å². The van der Waals surface area contributed by atoms with Crippen LogP contribution in [0.3, 0.4) is 0 Å². The number of nitrogens with one attached hydrogen (secondary N) is 2. The van der Waals surface area contributed by atoms with Gasteiger partial charge in [0.1, 0.15) is 0 Å². The molecule has 0 spiro atoms. The molecule has 0 unspecified atom stereocenters. The van der Waals surface area contributed by atoms with E-state index in [1.54, 1.807) is 12.1 Å². The number of rotatable bonds is 5. The fraction of sp³-hybridized carbons (Fsp3) is 0.333. The minimum Gasteiger partial charge on any atom is -0.338 e. The molecule has 1 aliphatic heterocycles. The number of hydrogen-bond donors (Lipinski definition) is 2. The van der Waals surface area contributed by atoms with Crippen molar-refractivity contribution >= 4 is 29.2 Å². The Kier molecular flexibility index (Phi) is 6.35. The number of piperidine rings is 1. The SMILES string of the molecule is C[C@H]1CCN(Cc2ccc(NC(=O)NCc3ccc(Cl)cc3)cc2)C(=O)C1. The average molecular weight is 386 g/mol. The maximum atomic E-state index is 12.1. The maximum absolute atomic E-state index is 12.1. The highest BCUT2D eigenvalue weighted by molar-refractivity contribution is 6.30. The summed E-state index contributed by atoms with van der Waals surface area (Å²) in [7, 11) is 0. The normalized spacial score (nSPS) is 16.9. The van der Waals surface area contributed by atoms with Crippen LogP contribution in [-0.2, 0) is 17.9 Å². The van der Waals surface area contributed by atoms with E-state index in [2.05, 4.69) is 17.6 Å². The van der Waals surface area contributed by atoms with Crippen molar-refractivity contribution in [2.75, 3.05) is 11.9 Å². The first-order valence-corrected chi connectivity index (χ1v) is 9.53. The zero-order valence-corrected chi connectivity index (χ0v) is 16.1. The van der Waals surface area contributed by atoms with E-state index < -0.39 is 0 Å². The number of anilines is 1. The number of benzene rings is 2. The summed E-state index contributed by atoms with van der Waals surface area (Å²) in [6.07, 6.45) is 1.69. The number of amides is 3. The van der Waals surface area contributed by atoms with Gasteiger partial charge in [-0.15, -0.1) is 0 Å². The average Bonchev–Trinajstić information content (AvgIpc) is 2.65. The Labute approximate surface area is 164 Å². The quantitative estimate of drug-likeness (QED) is 0.800. The van der Waals surface area contributed by atoms with Crippen LogP contribution in [0.4, 0.5) is 10.5 Å². The molecule has 0 aromatic heterocycles. The molecule has 2 aromatic carbocycles. The van der Waals surface area contributed by atoms with Gasteiger partial charge >= 0.3 is 6.03 Å². The molecule has 1 heterocycles. The van der Waals surface area contributed by atoms with Gasteiger partial charge in [0.2, 0.25) is 5.91 Å². The number of likely N-dealkylation sites (tertiary alicyclic amines) is 1. The molecule has 3 amide bonds. The zero-order valence-electron chi connectivity index (χ0n) is 15.4. The largest absolute Gasteiger partial charge is 0.338 e. The summed E-state index contributed by atoms with van der Waals surface area (Å²) in [4.78, 5) is 26.0. The summed E-state index contributed by atoms with van der Waals surface area (Å²) in [5.74, 6) is 0.698. The molecule has 1 atom stereocenters. The van der Waals surface area contributed by atoms with Crippen molar-refractivity contribution in [2.24, 2.45) is 5.92 Å². The van der Waals surface area contributed by atoms with Crippen molar-refractivity contribution in [1.29, 1.82) is 0 Å². The number of hydrogen-bond acceptors (Lipinski definition) is 2. The standard InChI is InChI=1S/C21H24ClN3O2/c1-15-10-11-25(20(26)12-15)14-17-4-8-19(9-5-17)24-21(27)23-13-16-2-6-18(22)7-3-16/h2-9,15H,10-14H2,1H3,(H2,23,24,27)/t15-/m0/s1. The lowest BCUT2D eigenvalue weighted by atomic mass is 9.98. The fourth-order valence-electron chi connectivity index (χ4n) is 3.07. The van der Waals surface area contributed by atoms with E-state index in [1.807, 2.05) is 41.3 Å². The van der Waals surface area contributed by atoms with Gasteiger partial charge in [-0.25, -0.2) is 4.79 Å². The van der Waals surface area contributed by atoms with Gasteiger partial charge in [-0.05, 0) is 47.7 Å². The third-order valence-electron chi connectivity index (χ3n) is 4.72. The van der Waals surface area contributed by atoms with Crippen LogP contribution in [-0.4, -0.2) is 23.4 Å². The minimum absolute atomic E-state index is 0.220. The van der Waals surface area contributed by atoms with Gasteiger partial charge in [-0.1, -0.05) is 42.8 Å². The van der Waals surface area contributed by atoms with Crippen LogP contribution in [0, 0.1) is 5.92 Å². The van der Waals surface area contributed by atoms with E-state index in [0.29, 0.717) is 36.1 Å². The Morgan fingerprint density at radius 1 is 1.11 bits per heavy atom. The molecule has 1 aliphatic rings. The molecule has 6 heteroatoms. The highest BCUT2D eigenvalue weighted by Gasteiger charge is 2.22. The molecule has 3 rings (SSSR count). The van der Waals surface area contributed by atoms with E-state index in [1.165, 1.54) is 0 Å². The summed E-state index contributed by atoms with van der Waals surface area (Å²) in [6.45, 7) is 3.98. The molecule has 5 nitrogen and oxygen atoms in total. The van der Waals surface area contributed by atoms with Crippen LogP contribution in [0.2, 0.25) is 5.02 Å². The van der Waals surface area contributed by atoms with Crippen molar-refractivity contribution in [3.8, 4) is 0 Å². The van der Waals surface area contributed by atoms with Gasteiger partial charge in [0, 0.05) is 36.8 Å². The molecule has 0 aliphatic carbocycles. The topological polar surface area (TPSA) is 61.4 Å². The van der Waals surface area contributed by atoms with Gasteiger partial charge in [-0.2, -0.15) is 0 Å². The van der Waals surface area contributed by atoms with E-state index >= 15 is 0 Å². The molecule has 0 saturated carbocycles. The highest BCUT2D eigenvalue weighted by atomic mass is 35.5. The fourth-order valence-corrected chi connectivity index (χ4v) is 3.20. The zero-order chi connectivity index (χ0) is 19.2. The van der Waals surface area contributed by atoms with Crippen LogP contribution in [0.15, 0.2) is 48.5 Å². The van der Waals surface area contributed by atoms with E-state index in [0.717, 1.165) is 24.1 Å². The Bertz CT molecular complexity index is 790. The van der Waals surface area contributed by atoms with E-state index in [-0.39, 0.29) is 11.9 Å². The van der Waals surface area contributed by atoms with Crippen LogP contribution in [0.25, 0.3) is 0 Å². The first-order valence-electron chi connectivity index (χ1n) is 9.15. The number of carbonyl (C=O) groups is 2. The van der Waals surface area contributed by atoms with Crippen LogP contribution in [0.1, 0.15) is 30.9 Å². The summed E-state index contributed by atoms with van der Waals surface area (Å²) in [5.41, 5.74) is 2.75. The molecule has 1 fully saturated rings. The number of halogens is 1. The Balaban J connectivity index is 1.47. The second-order valence-corrected chi connectivity index (χ2v) is 7.48. The third kappa shape index (κ3) is 5.73. The second kappa shape index (κ2) is 8.91. The first-order chi connectivity index (χ1) is 13.0.